The van der Waals surface area contributed by atoms with Crippen LogP contribution in [0.4, 0.5) is 0 Å². The number of nitrogens with zero attached hydrogens (tertiary/aromatic N) is 1. The molecule has 1 N–H and O–H groups in total. The van der Waals surface area contributed by atoms with Crippen molar-refractivity contribution in [2.45, 2.75) is 24.8 Å². The predicted octanol–water partition coefficient (Wildman–Crippen LogP) is 3.01. The van der Waals surface area contributed by atoms with E-state index in [0.717, 1.165) is 35.6 Å². The zero-order valence-corrected chi connectivity index (χ0v) is 16.2. The van der Waals surface area contributed by atoms with Crippen molar-refractivity contribution in [3.63, 3.8) is 0 Å². The van der Waals surface area contributed by atoms with Crippen LogP contribution in [0.2, 0.25) is 0 Å². The minimum absolute atomic E-state index is 0.0579. The van der Waals surface area contributed by atoms with E-state index in [4.69, 9.17) is 4.74 Å². The third-order valence-electron chi connectivity index (χ3n) is 3.56. The maximum absolute atomic E-state index is 12.0. The summed E-state index contributed by atoms with van der Waals surface area (Å²) in [7, 11) is 0. The predicted molar refractivity (Wildman–Crippen MR) is 98.9 cm³/mol. The minimum Gasteiger partial charge on any atom is -0.374 e. The maximum Gasteiger partial charge on any atom is 0.230 e. The third kappa shape index (κ3) is 7.25. The monoisotopic (exact) mass is 400 g/mol. The summed E-state index contributed by atoms with van der Waals surface area (Å²) in [6.45, 7) is 8.78. The standard InChI is InChI=1S/C17H25BrN2O2S/c1-13(2)10-20-7-8-22-15(11-20)9-19-17(21)12-23-16-5-3-14(18)4-6-16/h3-6,13,15H,7-12H2,1-2H3,(H,19,21). The first kappa shape index (κ1) is 18.8. The summed E-state index contributed by atoms with van der Waals surface area (Å²) < 4.78 is 6.80. The largest absolute Gasteiger partial charge is 0.374 e. The lowest BCUT2D eigenvalue weighted by molar-refractivity contribution is -0.119. The second kappa shape index (κ2) is 9.67. The molecular formula is C17H25BrN2O2S. The van der Waals surface area contributed by atoms with Gasteiger partial charge in [0.25, 0.3) is 0 Å². The number of ether oxygens (including phenoxy) is 1. The summed E-state index contributed by atoms with van der Waals surface area (Å²) in [4.78, 5) is 15.5. The van der Waals surface area contributed by atoms with Crippen molar-refractivity contribution >= 4 is 33.6 Å². The first-order valence-corrected chi connectivity index (χ1v) is 9.80. The van der Waals surface area contributed by atoms with Gasteiger partial charge in [0.1, 0.15) is 0 Å². The lowest BCUT2D eigenvalue weighted by Gasteiger charge is -2.33. The molecule has 1 unspecified atom stereocenters. The number of carbonyl (C=O) groups is 1. The number of carbonyl (C=O) groups excluding carboxylic acids is 1. The van der Waals surface area contributed by atoms with Crippen LogP contribution in [0.15, 0.2) is 33.6 Å². The van der Waals surface area contributed by atoms with Gasteiger partial charge in [0.2, 0.25) is 5.91 Å². The van der Waals surface area contributed by atoms with Crippen LogP contribution < -0.4 is 5.32 Å². The number of thioether (sulfide) groups is 1. The summed E-state index contributed by atoms with van der Waals surface area (Å²) in [6, 6.07) is 7.99. The van der Waals surface area contributed by atoms with Crippen LogP contribution in [0.25, 0.3) is 0 Å². The number of hydrogen-bond acceptors (Lipinski definition) is 4. The van der Waals surface area contributed by atoms with Gasteiger partial charge >= 0.3 is 0 Å². The highest BCUT2D eigenvalue weighted by atomic mass is 79.9. The fourth-order valence-corrected chi connectivity index (χ4v) is 3.54. The van der Waals surface area contributed by atoms with E-state index in [1.54, 1.807) is 11.8 Å². The van der Waals surface area contributed by atoms with Crippen LogP contribution in [0.5, 0.6) is 0 Å². The molecule has 23 heavy (non-hydrogen) atoms. The summed E-state index contributed by atoms with van der Waals surface area (Å²) in [5, 5.41) is 2.99. The molecule has 1 fully saturated rings. The Morgan fingerprint density at radius 2 is 2.17 bits per heavy atom. The van der Waals surface area contributed by atoms with E-state index >= 15 is 0 Å². The van der Waals surface area contributed by atoms with Crippen molar-refractivity contribution < 1.29 is 9.53 Å². The van der Waals surface area contributed by atoms with Crippen molar-refractivity contribution in [1.82, 2.24) is 10.2 Å². The molecule has 0 spiro atoms. The Labute approximate surface area is 151 Å². The Morgan fingerprint density at radius 3 is 2.87 bits per heavy atom. The molecule has 1 aromatic carbocycles. The van der Waals surface area contributed by atoms with Crippen LogP contribution in [-0.4, -0.2) is 55.4 Å². The molecule has 0 saturated carbocycles. The quantitative estimate of drug-likeness (QED) is 0.714. The fourth-order valence-electron chi connectivity index (χ4n) is 2.54. The minimum atomic E-state index is 0.0579. The molecule has 1 aliphatic heterocycles. The van der Waals surface area contributed by atoms with Gasteiger partial charge in [-0.05, 0) is 30.2 Å². The second-order valence-corrected chi connectivity index (χ2v) is 8.16. The smallest absolute Gasteiger partial charge is 0.230 e. The Morgan fingerprint density at radius 1 is 1.43 bits per heavy atom. The molecule has 4 nitrogen and oxygen atoms in total. The molecule has 1 heterocycles. The van der Waals surface area contributed by atoms with Gasteiger partial charge in [-0.3, -0.25) is 9.69 Å². The zero-order valence-electron chi connectivity index (χ0n) is 13.8. The number of amides is 1. The number of hydrogen-bond donors (Lipinski definition) is 1. The molecule has 2 rings (SSSR count). The average molecular weight is 401 g/mol. The first-order chi connectivity index (χ1) is 11.0. The van der Waals surface area contributed by atoms with Gasteiger partial charge < -0.3 is 10.1 Å². The van der Waals surface area contributed by atoms with Gasteiger partial charge in [0.15, 0.2) is 0 Å². The van der Waals surface area contributed by atoms with Crippen LogP contribution in [-0.2, 0) is 9.53 Å². The van der Waals surface area contributed by atoms with Crippen molar-refractivity contribution in [2.75, 3.05) is 38.5 Å². The lowest BCUT2D eigenvalue weighted by Crippen LogP contribution is -2.48. The molecule has 0 radical (unpaired) electrons. The second-order valence-electron chi connectivity index (χ2n) is 6.19. The van der Waals surface area contributed by atoms with E-state index in [1.165, 1.54) is 0 Å². The normalized spacial score (nSPS) is 19.0. The SMILES string of the molecule is CC(C)CN1CCOC(CNC(=O)CSc2ccc(Br)cc2)C1. The molecule has 1 aromatic rings. The molecule has 1 saturated heterocycles. The van der Waals surface area contributed by atoms with Crippen molar-refractivity contribution in [3.05, 3.63) is 28.7 Å². The van der Waals surface area contributed by atoms with E-state index in [-0.39, 0.29) is 12.0 Å². The summed E-state index contributed by atoms with van der Waals surface area (Å²) in [5.41, 5.74) is 0. The molecule has 0 aliphatic carbocycles. The van der Waals surface area contributed by atoms with Gasteiger partial charge in [-0.25, -0.2) is 0 Å². The van der Waals surface area contributed by atoms with Gasteiger partial charge in [0.05, 0.1) is 18.5 Å². The Kier molecular flexibility index (Phi) is 7.89. The highest BCUT2D eigenvalue weighted by molar-refractivity contribution is 9.10. The summed E-state index contributed by atoms with van der Waals surface area (Å²) in [6.07, 6.45) is 0.101. The van der Waals surface area contributed by atoms with E-state index in [9.17, 15) is 4.79 Å². The molecule has 6 heteroatoms. The maximum atomic E-state index is 12.0. The zero-order chi connectivity index (χ0) is 16.7. The van der Waals surface area contributed by atoms with Crippen LogP contribution >= 0.6 is 27.7 Å². The Balaban J connectivity index is 1.66. The Bertz CT molecular complexity index is 496. The highest BCUT2D eigenvalue weighted by Gasteiger charge is 2.21. The number of morpholine rings is 1. The van der Waals surface area contributed by atoms with E-state index in [2.05, 4.69) is 40.0 Å². The molecule has 0 aromatic heterocycles. The van der Waals surface area contributed by atoms with E-state index in [1.807, 2.05) is 24.3 Å². The number of halogens is 1. The van der Waals surface area contributed by atoms with Gasteiger partial charge in [-0.2, -0.15) is 0 Å². The average Bonchev–Trinajstić information content (AvgIpc) is 2.52. The fraction of sp³-hybridized carbons (Fsp3) is 0.588. The van der Waals surface area contributed by atoms with Crippen molar-refractivity contribution in [3.8, 4) is 0 Å². The van der Waals surface area contributed by atoms with Crippen LogP contribution in [0, 0.1) is 5.92 Å². The number of rotatable bonds is 7. The lowest BCUT2D eigenvalue weighted by atomic mass is 10.2. The highest BCUT2D eigenvalue weighted by Crippen LogP contribution is 2.20. The van der Waals surface area contributed by atoms with Gasteiger partial charge in [-0.1, -0.05) is 29.8 Å². The molecule has 1 aliphatic rings. The van der Waals surface area contributed by atoms with E-state index < -0.39 is 0 Å². The molecule has 128 valence electrons. The molecule has 1 atom stereocenters. The first-order valence-electron chi connectivity index (χ1n) is 8.02. The third-order valence-corrected chi connectivity index (χ3v) is 5.10. The summed E-state index contributed by atoms with van der Waals surface area (Å²) >= 11 is 4.96. The molecule has 0 bridgehead atoms. The van der Waals surface area contributed by atoms with E-state index in [0.29, 0.717) is 18.2 Å². The topological polar surface area (TPSA) is 41.6 Å². The van der Waals surface area contributed by atoms with Gasteiger partial charge in [0, 0.05) is 35.5 Å². The van der Waals surface area contributed by atoms with Gasteiger partial charge in [-0.15, -0.1) is 11.8 Å². The van der Waals surface area contributed by atoms with Crippen LogP contribution in [0.3, 0.4) is 0 Å². The summed E-state index contributed by atoms with van der Waals surface area (Å²) in [5.74, 6) is 1.15. The molecular weight excluding hydrogens is 376 g/mol. The number of benzene rings is 1. The van der Waals surface area contributed by atoms with Crippen molar-refractivity contribution in [1.29, 1.82) is 0 Å². The van der Waals surface area contributed by atoms with Crippen molar-refractivity contribution in [2.24, 2.45) is 5.92 Å². The number of nitrogens with one attached hydrogen (secondary N) is 1. The Hall–Kier alpha value is -0.560. The molecule has 1 amide bonds. The van der Waals surface area contributed by atoms with Crippen LogP contribution in [0.1, 0.15) is 13.8 Å².